The van der Waals surface area contributed by atoms with E-state index >= 15 is 0 Å². The van der Waals surface area contributed by atoms with Crippen LogP contribution in [0.5, 0.6) is 0 Å². The first-order valence-electron chi connectivity index (χ1n) is 4.98. The van der Waals surface area contributed by atoms with Crippen molar-refractivity contribution in [3.8, 4) is 0 Å². The molecule has 0 unspecified atom stereocenters. The maximum atomic E-state index is 11.4. The number of benzene rings is 1. The quantitative estimate of drug-likeness (QED) is 0.582. The number of esters is 1. The molecule has 0 bridgehead atoms. The molecule has 0 aliphatic carbocycles. The summed E-state index contributed by atoms with van der Waals surface area (Å²) in [5.41, 5.74) is -0.0937. The molecule has 1 aromatic rings. The number of carbonyl (C=O) groups excluding carboxylic acids is 2. The van der Waals surface area contributed by atoms with Crippen LogP contribution in [-0.2, 0) is 14.3 Å². The minimum absolute atomic E-state index is 0.568. The zero-order valence-electron chi connectivity index (χ0n) is 9.61. The van der Waals surface area contributed by atoms with Crippen molar-refractivity contribution < 1.29 is 14.3 Å². The summed E-state index contributed by atoms with van der Waals surface area (Å²) < 4.78 is 4.92. The molecule has 0 fully saturated rings. The largest absolute Gasteiger partial charge is 0.453 e. The van der Waals surface area contributed by atoms with Crippen LogP contribution in [0.4, 0.5) is 5.69 Å². The molecular formula is C12H15NO3. The predicted octanol–water partition coefficient (Wildman–Crippen LogP) is 1.97. The van der Waals surface area contributed by atoms with Gasteiger partial charge in [0.25, 0.3) is 0 Å². The number of rotatable bonds is 1. The standard InChI is InChI=1S/C12H15NO3/c1-12(2,3)16-11(15)10(14)13-9-7-5-4-6-8-9/h4-8H,1-3H3,(H,13,14). The van der Waals surface area contributed by atoms with Gasteiger partial charge in [-0.2, -0.15) is 0 Å². The van der Waals surface area contributed by atoms with Gasteiger partial charge in [-0.1, -0.05) is 18.2 Å². The monoisotopic (exact) mass is 221 g/mol. The first-order valence-corrected chi connectivity index (χ1v) is 4.98. The molecule has 16 heavy (non-hydrogen) atoms. The Hall–Kier alpha value is -1.84. The molecule has 1 aromatic carbocycles. The van der Waals surface area contributed by atoms with Crippen LogP contribution in [0.2, 0.25) is 0 Å². The molecule has 1 N–H and O–H groups in total. The smallest absolute Gasteiger partial charge is 0.397 e. The summed E-state index contributed by atoms with van der Waals surface area (Å²) in [6, 6.07) is 8.75. The Labute approximate surface area is 94.6 Å². The van der Waals surface area contributed by atoms with Crippen LogP contribution in [-0.4, -0.2) is 17.5 Å². The highest BCUT2D eigenvalue weighted by molar-refractivity contribution is 6.37. The van der Waals surface area contributed by atoms with Gasteiger partial charge in [-0.3, -0.25) is 4.79 Å². The third-order valence-electron chi connectivity index (χ3n) is 1.62. The van der Waals surface area contributed by atoms with Gasteiger partial charge in [-0.05, 0) is 32.9 Å². The average Bonchev–Trinajstić information content (AvgIpc) is 2.16. The Bertz CT molecular complexity index is 379. The number of amides is 1. The van der Waals surface area contributed by atoms with Gasteiger partial charge in [0.2, 0.25) is 0 Å². The zero-order chi connectivity index (χ0) is 12.2. The van der Waals surface area contributed by atoms with E-state index < -0.39 is 17.5 Å². The van der Waals surface area contributed by atoms with E-state index in [-0.39, 0.29) is 0 Å². The minimum Gasteiger partial charge on any atom is -0.453 e. The van der Waals surface area contributed by atoms with Crippen molar-refractivity contribution >= 4 is 17.6 Å². The van der Waals surface area contributed by atoms with Crippen molar-refractivity contribution in [3.05, 3.63) is 30.3 Å². The van der Waals surface area contributed by atoms with Crippen molar-refractivity contribution in [2.45, 2.75) is 26.4 Å². The molecule has 0 saturated carbocycles. The number of para-hydroxylation sites is 1. The fraction of sp³-hybridized carbons (Fsp3) is 0.333. The topological polar surface area (TPSA) is 55.4 Å². The molecule has 0 aliphatic heterocycles. The molecule has 0 aromatic heterocycles. The maximum Gasteiger partial charge on any atom is 0.397 e. The number of hydrogen-bond donors (Lipinski definition) is 1. The van der Waals surface area contributed by atoms with Gasteiger partial charge in [0, 0.05) is 5.69 Å². The summed E-state index contributed by atoms with van der Waals surface area (Å²) in [6.45, 7) is 5.13. The summed E-state index contributed by atoms with van der Waals surface area (Å²) >= 11 is 0. The first-order chi connectivity index (χ1) is 7.38. The highest BCUT2D eigenvalue weighted by atomic mass is 16.6. The van der Waals surface area contributed by atoms with E-state index in [1.54, 1.807) is 45.0 Å². The first kappa shape index (κ1) is 12.2. The summed E-state index contributed by atoms with van der Waals surface area (Å²) in [5.74, 6) is -1.64. The SMILES string of the molecule is CC(C)(C)OC(=O)C(=O)Nc1ccccc1. The number of ether oxygens (including phenoxy) is 1. The van der Waals surface area contributed by atoms with Crippen molar-refractivity contribution in [1.82, 2.24) is 0 Å². The van der Waals surface area contributed by atoms with E-state index in [4.69, 9.17) is 4.74 Å². The lowest BCUT2D eigenvalue weighted by molar-refractivity contribution is -0.161. The Morgan fingerprint density at radius 1 is 1.12 bits per heavy atom. The van der Waals surface area contributed by atoms with Gasteiger partial charge >= 0.3 is 11.9 Å². The molecule has 1 rings (SSSR count). The lowest BCUT2D eigenvalue weighted by Crippen LogP contribution is -2.32. The number of hydrogen-bond acceptors (Lipinski definition) is 3. The third-order valence-corrected chi connectivity index (χ3v) is 1.62. The van der Waals surface area contributed by atoms with Gasteiger partial charge in [0.15, 0.2) is 0 Å². The Morgan fingerprint density at radius 3 is 2.19 bits per heavy atom. The Kier molecular flexibility index (Phi) is 3.66. The molecule has 0 spiro atoms. The van der Waals surface area contributed by atoms with Crippen molar-refractivity contribution in [2.75, 3.05) is 5.32 Å². The Balaban J connectivity index is 2.57. The van der Waals surface area contributed by atoms with Crippen LogP contribution in [0.25, 0.3) is 0 Å². The summed E-state index contributed by atoms with van der Waals surface area (Å²) in [5, 5.41) is 2.45. The third kappa shape index (κ3) is 4.13. The van der Waals surface area contributed by atoms with Crippen molar-refractivity contribution in [2.24, 2.45) is 0 Å². The second kappa shape index (κ2) is 4.79. The summed E-state index contributed by atoms with van der Waals surface area (Å²) in [6.07, 6.45) is 0. The van der Waals surface area contributed by atoms with E-state index in [0.717, 1.165) is 0 Å². The van der Waals surface area contributed by atoms with Crippen LogP contribution < -0.4 is 5.32 Å². The fourth-order valence-corrected chi connectivity index (χ4v) is 1.03. The molecule has 4 nitrogen and oxygen atoms in total. The van der Waals surface area contributed by atoms with E-state index in [9.17, 15) is 9.59 Å². The zero-order valence-corrected chi connectivity index (χ0v) is 9.61. The van der Waals surface area contributed by atoms with Gasteiger partial charge < -0.3 is 10.1 Å². The number of carbonyl (C=O) groups is 2. The maximum absolute atomic E-state index is 11.4. The molecule has 86 valence electrons. The average molecular weight is 221 g/mol. The van der Waals surface area contributed by atoms with E-state index in [2.05, 4.69) is 5.32 Å². The van der Waals surface area contributed by atoms with Crippen LogP contribution in [0.3, 0.4) is 0 Å². The predicted molar refractivity (Wildman–Crippen MR) is 60.9 cm³/mol. The lowest BCUT2D eigenvalue weighted by atomic mass is 10.2. The van der Waals surface area contributed by atoms with Crippen LogP contribution in [0.15, 0.2) is 30.3 Å². The molecule has 1 amide bonds. The van der Waals surface area contributed by atoms with E-state index in [1.807, 2.05) is 6.07 Å². The normalized spacial score (nSPS) is 10.7. The van der Waals surface area contributed by atoms with Crippen LogP contribution in [0, 0.1) is 0 Å². The molecule has 0 aliphatic rings. The molecular weight excluding hydrogens is 206 g/mol. The summed E-state index contributed by atoms with van der Waals surface area (Å²) in [4.78, 5) is 22.7. The number of anilines is 1. The van der Waals surface area contributed by atoms with Crippen LogP contribution in [0.1, 0.15) is 20.8 Å². The molecule has 0 radical (unpaired) electrons. The second-order valence-corrected chi connectivity index (χ2v) is 4.32. The fourth-order valence-electron chi connectivity index (χ4n) is 1.03. The molecule has 4 heteroatoms. The summed E-state index contributed by atoms with van der Waals surface area (Å²) in [7, 11) is 0. The van der Waals surface area contributed by atoms with E-state index in [0.29, 0.717) is 5.69 Å². The second-order valence-electron chi connectivity index (χ2n) is 4.32. The van der Waals surface area contributed by atoms with Gasteiger partial charge in [0.1, 0.15) is 5.60 Å². The Morgan fingerprint density at radius 2 is 1.69 bits per heavy atom. The van der Waals surface area contributed by atoms with Crippen molar-refractivity contribution in [1.29, 1.82) is 0 Å². The van der Waals surface area contributed by atoms with Gasteiger partial charge in [0.05, 0.1) is 0 Å². The van der Waals surface area contributed by atoms with Crippen LogP contribution >= 0.6 is 0 Å². The molecule has 0 atom stereocenters. The molecule has 0 saturated heterocycles. The van der Waals surface area contributed by atoms with Crippen molar-refractivity contribution in [3.63, 3.8) is 0 Å². The molecule has 0 heterocycles. The highest BCUT2D eigenvalue weighted by Gasteiger charge is 2.22. The highest BCUT2D eigenvalue weighted by Crippen LogP contribution is 2.09. The van der Waals surface area contributed by atoms with E-state index in [1.165, 1.54) is 0 Å². The lowest BCUT2D eigenvalue weighted by Gasteiger charge is -2.18. The number of nitrogens with one attached hydrogen (secondary N) is 1. The van der Waals surface area contributed by atoms with Gasteiger partial charge in [-0.25, -0.2) is 4.79 Å². The minimum atomic E-state index is -0.878. The van der Waals surface area contributed by atoms with Gasteiger partial charge in [-0.15, -0.1) is 0 Å².